The summed E-state index contributed by atoms with van der Waals surface area (Å²) in [5.74, 6) is 0.695. The van der Waals surface area contributed by atoms with Gasteiger partial charge in [0.2, 0.25) is 0 Å². The average Bonchev–Trinajstić information content (AvgIpc) is 2.90. The Hall–Kier alpha value is -1.79. The van der Waals surface area contributed by atoms with Gasteiger partial charge < -0.3 is 4.74 Å². The first-order chi connectivity index (χ1) is 10.0. The van der Waals surface area contributed by atoms with Crippen molar-refractivity contribution in [1.82, 2.24) is 3.97 Å². The smallest absolute Gasteiger partial charge is 0.268 e. The van der Waals surface area contributed by atoms with E-state index in [1.165, 1.54) is 3.97 Å². The van der Waals surface area contributed by atoms with E-state index in [0.29, 0.717) is 11.3 Å². The number of halogens is 1. The summed E-state index contributed by atoms with van der Waals surface area (Å²) in [6.45, 7) is 0. The van der Waals surface area contributed by atoms with E-state index in [1.54, 1.807) is 55.8 Å². The van der Waals surface area contributed by atoms with Crippen molar-refractivity contribution in [1.29, 1.82) is 0 Å². The summed E-state index contributed by atoms with van der Waals surface area (Å²) in [5, 5.41) is 0.813. The van der Waals surface area contributed by atoms with Crippen LogP contribution in [0.5, 0.6) is 5.75 Å². The maximum absolute atomic E-state index is 12.7. The Kier molecular flexibility index (Phi) is 3.51. The normalized spacial score (nSPS) is 11.7. The molecule has 0 spiro atoms. The van der Waals surface area contributed by atoms with Crippen LogP contribution in [0.25, 0.3) is 10.9 Å². The van der Waals surface area contributed by atoms with Crippen LogP contribution in [0.1, 0.15) is 0 Å². The topological polar surface area (TPSA) is 48.3 Å². The third kappa shape index (κ3) is 2.45. The van der Waals surface area contributed by atoms with Crippen molar-refractivity contribution < 1.29 is 13.2 Å². The van der Waals surface area contributed by atoms with Gasteiger partial charge in [-0.25, -0.2) is 12.4 Å². The predicted octanol–water partition coefficient (Wildman–Crippen LogP) is 3.65. The van der Waals surface area contributed by atoms with Crippen molar-refractivity contribution in [2.45, 2.75) is 4.90 Å². The quantitative estimate of drug-likeness (QED) is 0.711. The summed E-state index contributed by atoms with van der Waals surface area (Å²) in [6, 6.07) is 13.7. The standard InChI is InChI=1S/C15H12BrNO3S/c1-20-13-5-6-15-11(9-13)7-8-17(15)21(18,19)14-4-2-3-12(16)10-14/h2-10H,1H3. The molecule has 0 saturated heterocycles. The third-order valence-corrected chi connectivity index (χ3v) is 5.39. The lowest BCUT2D eigenvalue weighted by molar-refractivity contribution is 0.415. The molecule has 0 bridgehead atoms. The van der Waals surface area contributed by atoms with Crippen molar-refractivity contribution in [2.24, 2.45) is 0 Å². The number of methoxy groups -OCH3 is 1. The summed E-state index contributed by atoms with van der Waals surface area (Å²) < 4.78 is 32.6. The molecule has 21 heavy (non-hydrogen) atoms. The first-order valence-corrected chi connectivity index (χ1v) is 8.42. The molecule has 0 aliphatic heterocycles. The highest BCUT2D eigenvalue weighted by atomic mass is 79.9. The van der Waals surface area contributed by atoms with Gasteiger partial charge in [0.25, 0.3) is 10.0 Å². The molecule has 0 aliphatic carbocycles. The zero-order valence-electron chi connectivity index (χ0n) is 11.2. The van der Waals surface area contributed by atoms with Crippen LogP contribution in [0.2, 0.25) is 0 Å². The molecule has 0 N–H and O–H groups in total. The minimum absolute atomic E-state index is 0.241. The summed E-state index contributed by atoms with van der Waals surface area (Å²) in [6.07, 6.45) is 1.56. The number of hydrogen-bond acceptors (Lipinski definition) is 3. The minimum atomic E-state index is -3.62. The first-order valence-electron chi connectivity index (χ1n) is 6.18. The maximum Gasteiger partial charge on any atom is 0.268 e. The molecule has 0 radical (unpaired) electrons. The van der Waals surface area contributed by atoms with Gasteiger partial charge in [-0.1, -0.05) is 22.0 Å². The molecule has 2 aromatic carbocycles. The molecular weight excluding hydrogens is 354 g/mol. The van der Waals surface area contributed by atoms with E-state index in [4.69, 9.17) is 4.74 Å². The van der Waals surface area contributed by atoms with Gasteiger partial charge in [-0.05, 0) is 42.5 Å². The summed E-state index contributed by atoms with van der Waals surface area (Å²) in [5.41, 5.74) is 0.621. The third-order valence-electron chi connectivity index (χ3n) is 3.21. The largest absolute Gasteiger partial charge is 0.497 e. The zero-order valence-corrected chi connectivity index (χ0v) is 13.6. The Morgan fingerprint density at radius 3 is 2.62 bits per heavy atom. The minimum Gasteiger partial charge on any atom is -0.497 e. The van der Waals surface area contributed by atoms with Crippen LogP contribution in [0.15, 0.2) is 64.1 Å². The van der Waals surface area contributed by atoms with Crippen molar-refractivity contribution >= 4 is 36.9 Å². The van der Waals surface area contributed by atoms with Gasteiger partial charge in [-0.3, -0.25) is 0 Å². The molecule has 0 saturated carbocycles. The Morgan fingerprint density at radius 2 is 1.90 bits per heavy atom. The van der Waals surface area contributed by atoms with E-state index < -0.39 is 10.0 Å². The van der Waals surface area contributed by atoms with Gasteiger partial charge in [-0.2, -0.15) is 0 Å². The molecule has 6 heteroatoms. The van der Waals surface area contributed by atoms with Gasteiger partial charge in [0.05, 0.1) is 17.5 Å². The molecule has 0 atom stereocenters. The monoisotopic (exact) mass is 365 g/mol. The molecule has 1 aromatic heterocycles. The van der Waals surface area contributed by atoms with Crippen molar-refractivity contribution in [3.05, 3.63) is 59.2 Å². The lowest BCUT2D eigenvalue weighted by atomic mass is 10.2. The fourth-order valence-corrected chi connectivity index (χ4v) is 4.12. The summed E-state index contributed by atoms with van der Waals surface area (Å²) >= 11 is 3.30. The second-order valence-corrected chi connectivity index (χ2v) is 7.23. The predicted molar refractivity (Wildman–Crippen MR) is 85.2 cm³/mol. The Labute approximate surface area is 131 Å². The maximum atomic E-state index is 12.7. The first kappa shape index (κ1) is 14.2. The second-order valence-electron chi connectivity index (χ2n) is 4.50. The van der Waals surface area contributed by atoms with E-state index >= 15 is 0 Å². The van der Waals surface area contributed by atoms with Crippen LogP contribution >= 0.6 is 15.9 Å². The Balaban J connectivity index is 2.20. The van der Waals surface area contributed by atoms with Gasteiger partial charge in [0.1, 0.15) is 5.75 Å². The molecule has 3 rings (SSSR count). The van der Waals surface area contributed by atoms with E-state index in [0.717, 1.165) is 9.86 Å². The van der Waals surface area contributed by atoms with Crippen LogP contribution < -0.4 is 4.74 Å². The van der Waals surface area contributed by atoms with Crippen LogP contribution in [-0.4, -0.2) is 19.5 Å². The van der Waals surface area contributed by atoms with Crippen LogP contribution in [-0.2, 0) is 10.0 Å². The zero-order chi connectivity index (χ0) is 15.0. The number of rotatable bonds is 3. The fourth-order valence-electron chi connectivity index (χ4n) is 2.17. The van der Waals surface area contributed by atoms with E-state index in [2.05, 4.69) is 15.9 Å². The lowest BCUT2D eigenvalue weighted by Gasteiger charge is -2.08. The Bertz CT molecular complexity index is 916. The number of fused-ring (bicyclic) bond motifs is 1. The van der Waals surface area contributed by atoms with Crippen molar-refractivity contribution in [3.63, 3.8) is 0 Å². The number of benzene rings is 2. The van der Waals surface area contributed by atoms with Crippen LogP contribution in [0, 0.1) is 0 Å². The lowest BCUT2D eigenvalue weighted by Crippen LogP contribution is -2.11. The molecule has 1 heterocycles. The summed E-state index contributed by atoms with van der Waals surface area (Å²) in [7, 11) is -2.04. The molecule has 4 nitrogen and oxygen atoms in total. The molecule has 0 fully saturated rings. The van der Waals surface area contributed by atoms with Gasteiger partial charge in [0, 0.05) is 16.1 Å². The molecule has 0 aliphatic rings. The fraction of sp³-hybridized carbons (Fsp3) is 0.0667. The molecule has 0 unspecified atom stereocenters. The molecule has 0 amide bonds. The molecule has 108 valence electrons. The van der Waals surface area contributed by atoms with Crippen LogP contribution in [0.3, 0.4) is 0 Å². The summed E-state index contributed by atoms with van der Waals surface area (Å²) in [4.78, 5) is 0.241. The second kappa shape index (κ2) is 5.20. The number of aromatic nitrogens is 1. The SMILES string of the molecule is COc1ccc2c(ccn2S(=O)(=O)c2cccc(Br)c2)c1. The van der Waals surface area contributed by atoms with Gasteiger partial charge >= 0.3 is 0 Å². The highest BCUT2D eigenvalue weighted by Gasteiger charge is 2.19. The highest BCUT2D eigenvalue weighted by Crippen LogP contribution is 2.26. The molecular formula is C15H12BrNO3S. The van der Waals surface area contributed by atoms with Gasteiger partial charge in [0.15, 0.2) is 0 Å². The molecule has 3 aromatic rings. The van der Waals surface area contributed by atoms with Crippen molar-refractivity contribution in [3.8, 4) is 5.75 Å². The van der Waals surface area contributed by atoms with E-state index in [1.807, 2.05) is 6.07 Å². The number of ether oxygens (including phenoxy) is 1. The number of hydrogen-bond donors (Lipinski definition) is 0. The van der Waals surface area contributed by atoms with Crippen LogP contribution in [0.4, 0.5) is 0 Å². The van der Waals surface area contributed by atoms with Gasteiger partial charge in [-0.15, -0.1) is 0 Å². The average molecular weight is 366 g/mol. The number of nitrogens with zero attached hydrogens (tertiary/aromatic N) is 1. The highest BCUT2D eigenvalue weighted by molar-refractivity contribution is 9.10. The van der Waals surface area contributed by atoms with E-state index in [-0.39, 0.29) is 4.90 Å². The van der Waals surface area contributed by atoms with Crippen molar-refractivity contribution in [2.75, 3.05) is 7.11 Å². The Morgan fingerprint density at radius 1 is 1.10 bits per heavy atom. The van der Waals surface area contributed by atoms with E-state index in [9.17, 15) is 8.42 Å².